The van der Waals surface area contributed by atoms with Crippen molar-refractivity contribution >= 4 is 17.3 Å². The molecular formula is C10H8F2N2O5. The number of halogens is 2. The van der Waals surface area contributed by atoms with Gasteiger partial charge in [-0.05, 0) is 0 Å². The zero-order valence-corrected chi connectivity index (χ0v) is 9.85. The second-order valence-corrected chi connectivity index (χ2v) is 3.79. The fraction of sp³-hybridized carbons (Fsp3) is 0.300. The lowest BCUT2D eigenvalue weighted by atomic mass is 10.2. The summed E-state index contributed by atoms with van der Waals surface area (Å²) in [6.45, 7) is 1.18. The summed E-state index contributed by atoms with van der Waals surface area (Å²) in [6, 6.07) is 1.76. The van der Waals surface area contributed by atoms with Gasteiger partial charge in [0.15, 0.2) is 11.5 Å². The molecule has 1 heterocycles. The third-order valence-electron chi connectivity index (χ3n) is 2.53. The highest BCUT2D eigenvalue weighted by Crippen LogP contribution is 2.46. The first-order chi connectivity index (χ1) is 8.71. The van der Waals surface area contributed by atoms with E-state index in [4.69, 9.17) is 0 Å². The summed E-state index contributed by atoms with van der Waals surface area (Å²) in [5, 5.41) is 10.9. The van der Waals surface area contributed by atoms with Crippen LogP contribution >= 0.6 is 0 Å². The number of hydrogen-bond donors (Lipinski definition) is 0. The van der Waals surface area contributed by atoms with E-state index in [0.717, 1.165) is 17.0 Å². The average molecular weight is 274 g/mol. The van der Waals surface area contributed by atoms with Crippen LogP contribution in [0.5, 0.6) is 11.5 Å². The Morgan fingerprint density at radius 1 is 1.37 bits per heavy atom. The van der Waals surface area contributed by atoms with E-state index in [0.29, 0.717) is 0 Å². The second kappa shape index (κ2) is 4.04. The molecule has 2 rings (SSSR count). The molecule has 1 aliphatic heterocycles. The first-order valence-corrected chi connectivity index (χ1v) is 5.04. The molecule has 1 aromatic carbocycles. The summed E-state index contributed by atoms with van der Waals surface area (Å²) in [5.74, 6) is -1.30. The molecule has 0 aliphatic carbocycles. The van der Waals surface area contributed by atoms with Crippen LogP contribution in [0.3, 0.4) is 0 Å². The molecular weight excluding hydrogens is 266 g/mol. The lowest BCUT2D eigenvalue weighted by molar-refractivity contribution is -0.384. The number of fused-ring (bicyclic) bond motifs is 1. The van der Waals surface area contributed by atoms with Crippen LogP contribution in [0.15, 0.2) is 12.1 Å². The quantitative estimate of drug-likeness (QED) is 0.607. The number of hydrogen-bond acceptors (Lipinski definition) is 5. The van der Waals surface area contributed by atoms with Crippen LogP contribution in [0.2, 0.25) is 0 Å². The maximum Gasteiger partial charge on any atom is 0.586 e. The Morgan fingerprint density at radius 2 is 1.89 bits per heavy atom. The fourth-order valence-corrected chi connectivity index (χ4v) is 1.56. The third kappa shape index (κ3) is 2.26. The number of nitro benzene ring substituents is 1. The molecule has 0 spiro atoms. The number of carbonyl (C=O) groups is 1. The van der Waals surface area contributed by atoms with Crippen molar-refractivity contribution in [2.75, 3.05) is 11.9 Å². The van der Waals surface area contributed by atoms with Gasteiger partial charge in [-0.3, -0.25) is 14.9 Å². The summed E-state index contributed by atoms with van der Waals surface area (Å²) in [4.78, 5) is 22.3. The van der Waals surface area contributed by atoms with E-state index in [1.54, 1.807) is 0 Å². The molecule has 102 valence electrons. The zero-order valence-electron chi connectivity index (χ0n) is 9.85. The number of rotatable bonds is 2. The fourth-order valence-electron chi connectivity index (χ4n) is 1.56. The Morgan fingerprint density at radius 3 is 2.37 bits per heavy atom. The highest BCUT2D eigenvalue weighted by molar-refractivity contribution is 5.94. The highest BCUT2D eigenvalue weighted by atomic mass is 19.3. The van der Waals surface area contributed by atoms with Crippen molar-refractivity contribution in [3.63, 3.8) is 0 Å². The Kier molecular flexibility index (Phi) is 2.76. The molecule has 0 aromatic heterocycles. The summed E-state index contributed by atoms with van der Waals surface area (Å²) in [6.07, 6.45) is -3.87. The summed E-state index contributed by atoms with van der Waals surface area (Å²) in [5.41, 5.74) is -0.685. The Balaban J connectivity index is 2.56. The summed E-state index contributed by atoms with van der Waals surface area (Å²) < 4.78 is 34.0. The molecule has 0 fully saturated rings. The van der Waals surface area contributed by atoms with Crippen LogP contribution in [-0.4, -0.2) is 24.2 Å². The lowest BCUT2D eigenvalue weighted by Crippen LogP contribution is -2.26. The molecule has 0 radical (unpaired) electrons. The molecule has 0 saturated carbocycles. The Hall–Kier alpha value is -2.45. The van der Waals surface area contributed by atoms with Gasteiger partial charge in [0.25, 0.3) is 5.69 Å². The van der Waals surface area contributed by atoms with Crippen molar-refractivity contribution in [2.24, 2.45) is 0 Å². The topological polar surface area (TPSA) is 81.9 Å². The number of anilines is 1. The van der Waals surface area contributed by atoms with Gasteiger partial charge in [0, 0.05) is 20.0 Å². The minimum Gasteiger partial charge on any atom is -0.395 e. The zero-order chi connectivity index (χ0) is 14.4. The van der Waals surface area contributed by atoms with Gasteiger partial charge in [-0.2, -0.15) is 0 Å². The molecule has 0 N–H and O–H groups in total. The smallest absolute Gasteiger partial charge is 0.395 e. The van der Waals surface area contributed by atoms with Crippen LogP contribution in [0.25, 0.3) is 0 Å². The Labute approximate surface area is 105 Å². The standard InChI is InChI=1S/C10H8F2N2O5/c1-5(15)13(2)6-3-8-9(4-7(6)14(16)17)19-10(11,12)18-8/h3-4H,1-2H3. The van der Waals surface area contributed by atoms with E-state index in [1.807, 2.05) is 0 Å². The van der Waals surface area contributed by atoms with Crippen LogP contribution in [-0.2, 0) is 4.79 Å². The molecule has 19 heavy (non-hydrogen) atoms. The van der Waals surface area contributed by atoms with Gasteiger partial charge in [0.2, 0.25) is 5.91 Å². The number of alkyl halides is 2. The maximum absolute atomic E-state index is 12.9. The number of ether oxygens (including phenoxy) is 2. The molecule has 0 bridgehead atoms. The minimum atomic E-state index is -3.87. The van der Waals surface area contributed by atoms with Gasteiger partial charge < -0.3 is 14.4 Å². The van der Waals surface area contributed by atoms with Crippen molar-refractivity contribution < 1.29 is 28.0 Å². The molecule has 0 unspecified atom stereocenters. The van der Waals surface area contributed by atoms with Crippen molar-refractivity contribution in [1.29, 1.82) is 0 Å². The predicted molar refractivity (Wildman–Crippen MR) is 58.4 cm³/mol. The molecule has 0 atom stereocenters. The molecule has 9 heteroatoms. The van der Waals surface area contributed by atoms with Crippen molar-refractivity contribution in [1.82, 2.24) is 0 Å². The number of nitrogens with zero attached hydrogens (tertiary/aromatic N) is 2. The molecule has 1 aromatic rings. The number of amides is 1. The van der Waals surface area contributed by atoms with E-state index in [-0.39, 0.29) is 11.4 Å². The van der Waals surface area contributed by atoms with Gasteiger partial charge in [-0.15, -0.1) is 8.78 Å². The van der Waals surface area contributed by atoms with E-state index in [1.165, 1.54) is 14.0 Å². The van der Waals surface area contributed by atoms with E-state index in [2.05, 4.69) is 9.47 Å². The highest BCUT2D eigenvalue weighted by Gasteiger charge is 2.45. The van der Waals surface area contributed by atoms with E-state index >= 15 is 0 Å². The number of carbonyl (C=O) groups excluding carboxylic acids is 1. The molecule has 7 nitrogen and oxygen atoms in total. The van der Waals surface area contributed by atoms with Crippen LogP contribution in [0.1, 0.15) is 6.92 Å². The van der Waals surface area contributed by atoms with Crippen molar-refractivity contribution in [3.8, 4) is 11.5 Å². The number of nitro groups is 1. The van der Waals surface area contributed by atoms with Gasteiger partial charge in [0.1, 0.15) is 5.69 Å². The normalized spacial score (nSPS) is 15.2. The Bertz CT molecular complexity index is 575. The second-order valence-electron chi connectivity index (χ2n) is 3.79. The first kappa shape index (κ1) is 13.0. The SMILES string of the molecule is CC(=O)N(C)c1cc2c(cc1[N+](=O)[O-])OC(F)(F)O2. The van der Waals surface area contributed by atoms with Gasteiger partial charge in [0.05, 0.1) is 11.0 Å². The van der Waals surface area contributed by atoms with Crippen LogP contribution in [0, 0.1) is 10.1 Å². The largest absolute Gasteiger partial charge is 0.586 e. The molecule has 1 amide bonds. The maximum atomic E-state index is 12.9. The third-order valence-corrected chi connectivity index (χ3v) is 2.53. The van der Waals surface area contributed by atoms with E-state index in [9.17, 15) is 23.7 Å². The predicted octanol–water partition coefficient (Wildman–Crippen LogP) is 1.90. The lowest BCUT2D eigenvalue weighted by Gasteiger charge is -2.15. The van der Waals surface area contributed by atoms with Crippen LogP contribution in [0.4, 0.5) is 20.2 Å². The average Bonchev–Trinajstić information content (AvgIpc) is 2.58. The van der Waals surface area contributed by atoms with Gasteiger partial charge >= 0.3 is 6.29 Å². The monoisotopic (exact) mass is 274 g/mol. The van der Waals surface area contributed by atoms with Crippen molar-refractivity contribution in [2.45, 2.75) is 13.2 Å². The number of benzene rings is 1. The van der Waals surface area contributed by atoms with Crippen molar-refractivity contribution in [3.05, 3.63) is 22.2 Å². The van der Waals surface area contributed by atoms with Crippen LogP contribution < -0.4 is 14.4 Å². The van der Waals surface area contributed by atoms with Gasteiger partial charge in [-0.25, -0.2) is 0 Å². The summed E-state index contributed by atoms with van der Waals surface area (Å²) >= 11 is 0. The minimum absolute atomic E-state index is 0.155. The summed E-state index contributed by atoms with van der Waals surface area (Å²) in [7, 11) is 1.28. The van der Waals surface area contributed by atoms with E-state index < -0.39 is 28.6 Å². The molecule has 0 saturated heterocycles. The van der Waals surface area contributed by atoms with Gasteiger partial charge in [-0.1, -0.05) is 0 Å². The molecule has 1 aliphatic rings. The first-order valence-electron chi connectivity index (χ1n) is 5.04.